The third-order valence-electron chi connectivity index (χ3n) is 1.41. The number of rotatable bonds is 0. The summed E-state index contributed by atoms with van der Waals surface area (Å²) in [6, 6.07) is 0. The maximum Gasteiger partial charge on any atom is 0.328 e. The first-order valence-corrected chi connectivity index (χ1v) is 2.85. The van der Waals surface area contributed by atoms with Crippen molar-refractivity contribution >= 4 is 0 Å². The van der Waals surface area contributed by atoms with Crippen molar-refractivity contribution in [2.75, 3.05) is 0 Å². The van der Waals surface area contributed by atoms with Gasteiger partial charge in [0.2, 0.25) is 0 Å². The van der Waals surface area contributed by atoms with Crippen LogP contribution in [0.15, 0.2) is 11.0 Å². The van der Waals surface area contributed by atoms with E-state index in [0.717, 1.165) is 0 Å². The molecular weight excluding hydrogens is 128 g/mol. The lowest BCUT2D eigenvalue weighted by molar-refractivity contribution is 0.772. The first kappa shape index (κ1) is 6.69. The zero-order chi connectivity index (χ0) is 7.72. The Morgan fingerprint density at radius 3 is 2.40 bits per heavy atom. The molecule has 52 valence electrons. The minimum Gasteiger partial charge on any atom is -0.301 e. The van der Waals surface area contributed by atoms with Gasteiger partial charge in [-0.15, -0.1) is 6.42 Å². The molecular formula is C7H8N2O. The highest BCUT2D eigenvalue weighted by Crippen LogP contribution is 1.88. The molecule has 10 heavy (non-hydrogen) atoms. The smallest absolute Gasteiger partial charge is 0.301 e. The van der Waals surface area contributed by atoms with Crippen LogP contribution in [0.1, 0.15) is 5.69 Å². The summed E-state index contributed by atoms with van der Waals surface area (Å²) in [6.45, 7) is 0. The Morgan fingerprint density at radius 2 is 2.20 bits per heavy atom. The Balaban J connectivity index is 3.50. The number of terminal acetylenes is 1. The lowest BCUT2D eigenvalue weighted by atomic mass is 10.5. The fraction of sp³-hybridized carbons (Fsp3) is 0.286. The standard InChI is InChI=1S/C7H8N2O/c1-4-6-5-8(2)7(10)9(6)3/h1,5H,2-3H3. The van der Waals surface area contributed by atoms with Gasteiger partial charge in [-0.1, -0.05) is 5.92 Å². The molecule has 1 aromatic rings. The molecule has 1 heterocycles. The van der Waals surface area contributed by atoms with E-state index in [1.165, 1.54) is 9.13 Å². The molecule has 1 aromatic heterocycles. The van der Waals surface area contributed by atoms with Gasteiger partial charge in [0.15, 0.2) is 0 Å². The van der Waals surface area contributed by atoms with Gasteiger partial charge in [-0.3, -0.25) is 4.57 Å². The maximum atomic E-state index is 11.0. The molecule has 0 radical (unpaired) electrons. The molecule has 0 N–H and O–H groups in total. The van der Waals surface area contributed by atoms with Gasteiger partial charge >= 0.3 is 5.69 Å². The van der Waals surface area contributed by atoms with Crippen LogP contribution in [0.25, 0.3) is 0 Å². The van der Waals surface area contributed by atoms with Crippen molar-refractivity contribution in [2.24, 2.45) is 14.1 Å². The lowest BCUT2D eigenvalue weighted by Gasteiger charge is -1.86. The number of aromatic nitrogens is 2. The first-order chi connectivity index (χ1) is 4.66. The molecule has 0 aliphatic rings. The molecule has 0 aromatic carbocycles. The summed E-state index contributed by atoms with van der Waals surface area (Å²) < 4.78 is 2.88. The van der Waals surface area contributed by atoms with Gasteiger partial charge in [-0.05, 0) is 0 Å². The Bertz CT molecular complexity index is 337. The normalized spacial score (nSPS) is 9.30. The summed E-state index contributed by atoms with van der Waals surface area (Å²) in [4.78, 5) is 11.0. The van der Waals surface area contributed by atoms with Crippen LogP contribution in [-0.2, 0) is 14.1 Å². The van der Waals surface area contributed by atoms with Crippen LogP contribution >= 0.6 is 0 Å². The molecule has 0 fully saturated rings. The predicted octanol–water partition coefficient (Wildman–Crippen LogP) is -0.295. The highest BCUT2D eigenvalue weighted by Gasteiger charge is 1.99. The van der Waals surface area contributed by atoms with Crippen molar-refractivity contribution in [3.63, 3.8) is 0 Å². The summed E-state index contributed by atoms with van der Waals surface area (Å²) in [5, 5.41) is 0. The Morgan fingerprint density at radius 1 is 1.60 bits per heavy atom. The van der Waals surface area contributed by atoms with Crippen LogP contribution in [0, 0.1) is 12.3 Å². The van der Waals surface area contributed by atoms with Crippen LogP contribution in [0.2, 0.25) is 0 Å². The van der Waals surface area contributed by atoms with Crippen molar-refractivity contribution < 1.29 is 0 Å². The van der Waals surface area contributed by atoms with Gasteiger partial charge in [-0.2, -0.15) is 0 Å². The fourth-order valence-corrected chi connectivity index (χ4v) is 0.799. The molecule has 0 spiro atoms. The summed E-state index contributed by atoms with van der Waals surface area (Å²) in [7, 11) is 3.32. The predicted molar refractivity (Wildman–Crippen MR) is 38.6 cm³/mol. The van der Waals surface area contributed by atoms with Crippen molar-refractivity contribution in [2.45, 2.75) is 0 Å². The third kappa shape index (κ3) is 0.742. The average Bonchev–Trinajstić information content (AvgIpc) is 2.17. The molecule has 0 saturated heterocycles. The number of hydrogen-bond acceptors (Lipinski definition) is 1. The second kappa shape index (κ2) is 2.07. The van der Waals surface area contributed by atoms with Gasteiger partial charge in [0.25, 0.3) is 0 Å². The average molecular weight is 136 g/mol. The molecule has 1 rings (SSSR count). The molecule has 0 amide bonds. The van der Waals surface area contributed by atoms with Crippen molar-refractivity contribution in [1.82, 2.24) is 9.13 Å². The highest BCUT2D eigenvalue weighted by molar-refractivity contribution is 5.22. The molecule has 0 atom stereocenters. The van der Waals surface area contributed by atoms with Crippen molar-refractivity contribution in [3.05, 3.63) is 22.4 Å². The van der Waals surface area contributed by atoms with E-state index in [1.54, 1.807) is 20.3 Å². The molecule has 0 aliphatic heterocycles. The molecule has 3 nitrogen and oxygen atoms in total. The van der Waals surface area contributed by atoms with Crippen LogP contribution < -0.4 is 5.69 Å². The minimum absolute atomic E-state index is 0.0899. The Labute approximate surface area is 58.9 Å². The minimum atomic E-state index is -0.0899. The van der Waals surface area contributed by atoms with Crippen LogP contribution in [0.5, 0.6) is 0 Å². The molecule has 0 unspecified atom stereocenters. The summed E-state index contributed by atoms with van der Waals surface area (Å²) in [5.41, 5.74) is 0.514. The Hall–Kier alpha value is -1.43. The zero-order valence-electron chi connectivity index (χ0n) is 5.96. The van der Waals surface area contributed by atoms with Crippen LogP contribution in [0.4, 0.5) is 0 Å². The van der Waals surface area contributed by atoms with Gasteiger partial charge in [0, 0.05) is 20.3 Å². The van der Waals surface area contributed by atoms with Crippen molar-refractivity contribution in [3.8, 4) is 12.3 Å². The number of aryl methyl sites for hydroxylation is 1. The Kier molecular flexibility index (Phi) is 1.38. The SMILES string of the molecule is C#Cc1cn(C)c(=O)n1C. The number of nitrogens with zero attached hydrogens (tertiary/aromatic N) is 2. The van der Waals surface area contributed by atoms with Gasteiger partial charge in [0.05, 0.1) is 0 Å². The number of hydrogen-bond donors (Lipinski definition) is 0. The van der Waals surface area contributed by atoms with Gasteiger partial charge in [0.1, 0.15) is 5.69 Å². The van der Waals surface area contributed by atoms with Gasteiger partial charge in [-0.25, -0.2) is 4.79 Å². The molecule has 3 heteroatoms. The van der Waals surface area contributed by atoms with Gasteiger partial charge < -0.3 is 4.57 Å². The maximum absolute atomic E-state index is 11.0. The molecule has 0 saturated carbocycles. The van der Waals surface area contributed by atoms with E-state index in [2.05, 4.69) is 5.92 Å². The molecule has 0 aliphatic carbocycles. The largest absolute Gasteiger partial charge is 0.328 e. The second-order valence-electron chi connectivity index (χ2n) is 2.11. The van der Waals surface area contributed by atoms with Crippen molar-refractivity contribution in [1.29, 1.82) is 0 Å². The second-order valence-corrected chi connectivity index (χ2v) is 2.11. The van der Waals surface area contributed by atoms with E-state index in [-0.39, 0.29) is 5.69 Å². The van der Waals surface area contributed by atoms with E-state index in [4.69, 9.17) is 6.42 Å². The van der Waals surface area contributed by atoms with E-state index < -0.39 is 0 Å². The third-order valence-corrected chi connectivity index (χ3v) is 1.41. The number of imidazole rings is 1. The van der Waals surface area contributed by atoms with E-state index in [1.807, 2.05) is 0 Å². The summed E-state index contributed by atoms with van der Waals surface area (Å²) in [6.07, 6.45) is 6.74. The summed E-state index contributed by atoms with van der Waals surface area (Å²) >= 11 is 0. The zero-order valence-corrected chi connectivity index (χ0v) is 5.96. The molecule has 0 bridgehead atoms. The topological polar surface area (TPSA) is 26.9 Å². The summed E-state index contributed by atoms with van der Waals surface area (Å²) in [5.74, 6) is 2.40. The quantitative estimate of drug-likeness (QED) is 0.450. The van der Waals surface area contributed by atoms with Crippen LogP contribution in [0.3, 0.4) is 0 Å². The van der Waals surface area contributed by atoms with Crippen LogP contribution in [-0.4, -0.2) is 9.13 Å². The van der Waals surface area contributed by atoms with E-state index >= 15 is 0 Å². The monoisotopic (exact) mass is 136 g/mol. The fourth-order valence-electron chi connectivity index (χ4n) is 0.799. The van der Waals surface area contributed by atoms with E-state index in [9.17, 15) is 4.79 Å². The lowest BCUT2D eigenvalue weighted by Crippen LogP contribution is -2.19. The highest BCUT2D eigenvalue weighted by atomic mass is 16.1. The van der Waals surface area contributed by atoms with E-state index in [0.29, 0.717) is 5.69 Å². The first-order valence-electron chi connectivity index (χ1n) is 2.85.